The fourth-order valence-corrected chi connectivity index (χ4v) is 1.76. The Balaban J connectivity index is 2.05. The fourth-order valence-electron chi connectivity index (χ4n) is 1.68. The molecule has 2 nitrogen and oxygen atoms in total. The van der Waals surface area contributed by atoms with Crippen molar-refractivity contribution in [2.45, 2.75) is 0 Å². The molecule has 2 aromatic rings. The molecule has 0 aromatic heterocycles. The number of hydrogen-bond acceptors (Lipinski definition) is 2. The number of benzene rings is 2. The highest BCUT2D eigenvalue weighted by Gasteiger charge is 2.08. The molecule has 0 unspecified atom stereocenters. The first kappa shape index (κ1) is 14.4. The van der Waals surface area contributed by atoms with E-state index in [0.717, 1.165) is 5.57 Å². The van der Waals surface area contributed by atoms with Crippen LogP contribution in [-0.2, 0) is 0 Å². The van der Waals surface area contributed by atoms with Gasteiger partial charge in [-0.05, 0) is 29.8 Å². The summed E-state index contributed by atoms with van der Waals surface area (Å²) in [6, 6.07) is 16.3. The summed E-state index contributed by atoms with van der Waals surface area (Å²) in [5.74, 6) is 1.08. The topological polar surface area (TPSA) is 26.3 Å². The van der Waals surface area contributed by atoms with E-state index < -0.39 is 0 Å². The Morgan fingerprint density at radius 1 is 1.00 bits per heavy atom. The number of ether oxygens (including phenoxy) is 1. The molecule has 0 bridgehead atoms. The van der Waals surface area contributed by atoms with Crippen molar-refractivity contribution in [3.8, 4) is 5.75 Å². The van der Waals surface area contributed by atoms with Gasteiger partial charge in [0.1, 0.15) is 12.4 Å². The molecule has 0 N–H and O–H groups in total. The maximum Gasteiger partial charge on any atom is 0.193 e. The van der Waals surface area contributed by atoms with E-state index in [9.17, 15) is 4.79 Å². The quantitative estimate of drug-likeness (QED) is 0.454. The minimum Gasteiger partial charge on any atom is -0.489 e. The van der Waals surface area contributed by atoms with E-state index in [4.69, 9.17) is 16.3 Å². The van der Waals surface area contributed by atoms with Gasteiger partial charge in [0.05, 0.1) is 0 Å². The van der Waals surface area contributed by atoms with E-state index in [0.29, 0.717) is 29.4 Å². The van der Waals surface area contributed by atoms with Crippen LogP contribution in [0.4, 0.5) is 0 Å². The Hall–Kier alpha value is -2.06. The second-order valence-electron chi connectivity index (χ2n) is 4.39. The Morgan fingerprint density at radius 3 is 2.20 bits per heavy atom. The van der Waals surface area contributed by atoms with Gasteiger partial charge in [-0.25, -0.2) is 0 Å². The highest BCUT2D eigenvalue weighted by atomic mass is 35.5. The van der Waals surface area contributed by atoms with Gasteiger partial charge in [0.2, 0.25) is 0 Å². The standard InChI is InChI=1S/C17H15ClO2/c1-13(11-18)12-20-16-9-7-15(8-10-16)17(19)14-5-3-2-4-6-14/h2-10H,1,11-12H2. The SMILES string of the molecule is C=C(CCl)COc1ccc(C(=O)c2ccccc2)cc1. The molecule has 0 amide bonds. The maximum atomic E-state index is 12.2. The Morgan fingerprint density at radius 2 is 1.60 bits per heavy atom. The third kappa shape index (κ3) is 3.72. The minimum atomic E-state index is 0.00215. The number of rotatable bonds is 6. The Labute approximate surface area is 123 Å². The first-order chi connectivity index (χ1) is 9.70. The molecule has 0 saturated carbocycles. The van der Waals surface area contributed by atoms with Crippen molar-refractivity contribution in [3.05, 3.63) is 77.9 Å². The average molecular weight is 287 g/mol. The Bertz CT molecular complexity index is 588. The van der Waals surface area contributed by atoms with Crippen LogP contribution < -0.4 is 4.74 Å². The van der Waals surface area contributed by atoms with E-state index in [1.807, 2.05) is 18.2 Å². The van der Waals surface area contributed by atoms with Gasteiger partial charge in [0, 0.05) is 17.0 Å². The van der Waals surface area contributed by atoms with Crippen molar-refractivity contribution in [3.63, 3.8) is 0 Å². The van der Waals surface area contributed by atoms with Crippen LogP contribution in [0.2, 0.25) is 0 Å². The third-order valence-corrected chi connectivity index (χ3v) is 3.16. The number of halogens is 1. The molecular formula is C17H15ClO2. The predicted molar refractivity (Wildman–Crippen MR) is 81.7 cm³/mol. The summed E-state index contributed by atoms with van der Waals surface area (Å²) in [6.07, 6.45) is 0. The molecule has 0 aliphatic heterocycles. The third-order valence-electron chi connectivity index (χ3n) is 2.78. The van der Waals surface area contributed by atoms with Gasteiger partial charge in [-0.2, -0.15) is 0 Å². The maximum absolute atomic E-state index is 12.2. The normalized spacial score (nSPS) is 10.1. The van der Waals surface area contributed by atoms with Crippen molar-refractivity contribution < 1.29 is 9.53 Å². The zero-order valence-corrected chi connectivity index (χ0v) is 11.8. The lowest BCUT2D eigenvalue weighted by molar-refractivity contribution is 0.103. The molecule has 0 heterocycles. The highest BCUT2D eigenvalue weighted by Crippen LogP contribution is 2.16. The zero-order valence-electron chi connectivity index (χ0n) is 11.0. The molecule has 20 heavy (non-hydrogen) atoms. The van der Waals surface area contributed by atoms with Crippen LogP contribution in [0.3, 0.4) is 0 Å². The molecular weight excluding hydrogens is 272 g/mol. The molecule has 2 aromatic carbocycles. The average Bonchev–Trinajstić information content (AvgIpc) is 2.53. The molecule has 0 radical (unpaired) electrons. The monoisotopic (exact) mass is 286 g/mol. The molecule has 0 saturated heterocycles. The predicted octanol–water partition coefficient (Wildman–Crippen LogP) is 4.09. The van der Waals surface area contributed by atoms with Crippen LogP contribution in [0, 0.1) is 0 Å². The summed E-state index contributed by atoms with van der Waals surface area (Å²) in [5.41, 5.74) is 2.13. The summed E-state index contributed by atoms with van der Waals surface area (Å²) in [7, 11) is 0. The van der Waals surface area contributed by atoms with Gasteiger partial charge in [-0.1, -0.05) is 36.9 Å². The summed E-state index contributed by atoms with van der Waals surface area (Å²) in [4.78, 5) is 12.2. The van der Waals surface area contributed by atoms with E-state index in [1.54, 1.807) is 36.4 Å². The van der Waals surface area contributed by atoms with E-state index in [1.165, 1.54) is 0 Å². The minimum absolute atomic E-state index is 0.00215. The summed E-state index contributed by atoms with van der Waals surface area (Å²) in [5, 5.41) is 0. The van der Waals surface area contributed by atoms with Crippen LogP contribution in [0.5, 0.6) is 5.75 Å². The van der Waals surface area contributed by atoms with Crippen LogP contribution in [0.1, 0.15) is 15.9 Å². The zero-order chi connectivity index (χ0) is 14.4. The first-order valence-corrected chi connectivity index (χ1v) is 6.79. The summed E-state index contributed by atoms with van der Waals surface area (Å²) < 4.78 is 5.50. The number of carbonyl (C=O) groups excluding carboxylic acids is 1. The Kier molecular flexibility index (Phi) is 4.97. The van der Waals surface area contributed by atoms with Crippen LogP contribution in [0.25, 0.3) is 0 Å². The summed E-state index contributed by atoms with van der Waals surface area (Å²) in [6.45, 7) is 4.15. The van der Waals surface area contributed by atoms with Crippen molar-refractivity contribution in [1.29, 1.82) is 0 Å². The number of ketones is 1. The van der Waals surface area contributed by atoms with Gasteiger partial charge >= 0.3 is 0 Å². The van der Waals surface area contributed by atoms with E-state index in [-0.39, 0.29) is 5.78 Å². The van der Waals surface area contributed by atoms with Crippen molar-refractivity contribution in [2.24, 2.45) is 0 Å². The van der Waals surface area contributed by atoms with Crippen molar-refractivity contribution >= 4 is 17.4 Å². The molecule has 0 aliphatic carbocycles. The van der Waals surface area contributed by atoms with Gasteiger partial charge in [-0.3, -0.25) is 4.79 Å². The van der Waals surface area contributed by atoms with E-state index >= 15 is 0 Å². The van der Waals surface area contributed by atoms with Gasteiger partial charge in [0.15, 0.2) is 5.78 Å². The number of alkyl halides is 1. The van der Waals surface area contributed by atoms with Gasteiger partial charge in [-0.15, -0.1) is 11.6 Å². The van der Waals surface area contributed by atoms with Crippen LogP contribution in [0.15, 0.2) is 66.7 Å². The van der Waals surface area contributed by atoms with Crippen LogP contribution in [-0.4, -0.2) is 18.3 Å². The van der Waals surface area contributed by atoms with Crippen molar-refractivity contribution in [2.75, 3.05) is 12.5 Å². The largest absolute Gasteiger partial charge is 0.489 e. The fraction of sp³-hybridized carbons (Fsp3) is 0.118. The lowest BCUT2D eigenvalue weighted by Gasteiger charge is -2.07. The first-order valence-electron chi connectivity index (χ1n) is 6.26. The summed E-state index contributed by atoms with van der Waals surface area (Å²) >= 11 is 5.63. The smallest absolute Gasteiger partial charge is 0.193 e. The number of hydrogen-bond donors (Lipinski definition) is 0. The van der Waals surface area contributed by atoms with E-state index in [2.05, 4.69) is 6.58 Å². The van der Waals surface area contributed by atoms with Gasteiger partial charge in [0.25, 0.3) is 0 Å². The lowest BCUT2D eigenvalue weighted by atomic mass is 10.0. The molecule has 0 spiro atoms. The highest BCUT2D eigenvalue weighted by molar-refractivity contribution is 6.19. The van der Waals surface area contributed by atoms with Crippen molar-refractivity contribution in [1.82, 2.24) is 0 Å². The molecule has 2 rings (SSSR count). The second-order valence-corrected chi connectivity index (χ2v) is 4.66. The van der Waals surface area contributed by atoms with Crippen LogP contribution >= 0.6 is 11.6 Å². The molecule has 3 heteroatoms. The van der Waals surface area contributed by atoms with Gasteiger partial charge < -0.3 is 4.74 Å². The number of carbonyl (C=O) groups is 1. The molecule has 0 atom stereocenters. The molecule has 0 aliphatic rings. The molecule has 0 fully saturated rings. The second kappa shape index (κ2) is 6.92. The lowest BCUT2D eigenvalue weighted by Crippen LogP contribution is -2.03. The molecule has 102 valence electrons.